The lowest BCUT2D eigenvalue weighted by atomic mass is 10.2. The minimum atomic E-state index is -0.289. The average molecular weight is 381 g/mol. The van der Waals surface area contributed by atoms with E-state index in [0.29, 0.717) is 18.9 Å². The second-order valence-corrected chi connectivity index (χ2v) is 6.21. The van der Waals surface area contributed by atoms with Crippen molar-refractivity contribution in [2.24, 2.45) is 7.05 Å². The van der Waals surface area contributed by atoms with Gasteiger partial charge in [0.2, 0.25) is 0 Å². The molecule has 2 aromatic carbocycles. The number of amides is 2. The Labute approximate surface area is 162 Å². The second kappa shape index (κ2) is 8.90. The molecule has 1 aromatic heterocycles. The number of carbonyl (C=O) groups is 1. The van der Waals surface area contributed by atoms with E-state index in [0.717, 1.165) is 16.9 Å². The van der Waals surface area contributed by atoms with E-state index >= 15 is 0 Å². The van der Waals surface area contributed by atoms with Crippen molar-refractivity contribution >= 4 is 6.03 Å². The third kappa shape index (κ3) is 4.59. The number of benzene rings is 2. The molecule has 146 valence electrons. The summed E-state index contributed by atoms with van der Waals surface area (Å²) in [6.45, 7) is 1.01. The van der Waals surface area contributed by atoms with Gasteiger partial charge in [0, 0.05) is 25.7 Å². The van der Waals surface area contributed by atoms with E-state index in [1.807, 2.05) is 54.6 Å². The van der Waals surface area contributed by atoms with Gasteiger partial charge in [-0.3, -0.25) is 4.57 Å². The highest BCUT2D eigenvalue weighted by Crippen LogP contribution is 2.19. The lowest BCUT2D eigenvalue weighted by molar-refractivity contribution is 0.240. The molecule has 28 heavy (non-hydrogen) atoms. The Morgan fingerprint density at radius 1 is 1.07 bits per heavy atom. The number of rotatable bonds is 7. The molecule has 0 saturated carbocycles. The van der Waals surface area contributed by atoms with Crippen molar-refractivity contribution in [3.05, 3.63) is 70.6 Å². The van der Waals surface area contributed by atoms with Crippen LogP contribution in [0.5, 0.6) is 5.75 Å². The molecule has 0 aliphatic rings. The van der Waals surface area contributed by atoms with Crippen molar-refractivity contribution in [2.75, 3.05) is 13.7 Å². The summed E-state index contributed by atoms with van der Waals surface area (Å²) in [6, 6.07) is 16.7. The van der Waals surface area contributed by atoms with E-state index in [1.54, 1.807) is 14.2 Å². The molecule has 0 aliphatic carbocycles. The molecule has 8 nitrogen and oxygen atoms in total. The van der Waals surface area contributed by atoms with Crippen molar-refractivity contribution in [3.63, 3.8) is 0 Å². The molecular weight excluding hydrogens is 358 g/mol. The molecule has 0 aliphatic heterocycles. The number of nitrogens with zero attached hydrogens (tertiary/aromatic N) is 3. The van der Waals surface area contributed by atoms with Gasteiger partial charge in [-0.25, -0.2) is 14.3 Å². The smallest absolute Gasteiger partial charge is 0.345 e. The summed E-state index contributed by atoms with van der Waals surface area (Å²) in [5, 5.41) is 9.89. The maximum absolute atomic E-state index is 12.4. The highest BCUT2D eigenvalue weighted by Gasteiger charge is 2.12. The number of carbonyl (C=O) groups excluding carboxylic acids is 1. The third-order valence-electron chi connectivity index (χ3n) is 4.29. The van der Waals surface area contributed by atoms with Crippen LogP contribution in [0.1, 0.15) is 5.56 Å². The largest absolute Gasteiger partial charge is 0.497 e. The summed E-state index contributed by atoms with van der Waals surface area (Å²) in [7, 11) is 3.27. The van der Waals surface area contributed by atoms with Gasteiger partial charge < -0.3 is 15.4 Å². The first-order valence-corrected chi connectivity index (χ1v) is 8.92. The summed E-state index contributed by atoms with van der Waals surface area (Å²) >= 11 is 0. The predicted octanol–water partition coefficient (Wildman–Crippen LogP) is 1.76. The number of urea groups is 1. The minimum Gasteiger partial charge on any atom is -0.497 e. The summed E-state index contributed by atoms with van der Waals surface area (Å²) in [5.41, 5.74) is 1.59. The first kappa shape index (κ1) is 19.2. The van der Waals surface area contributed by atoms with Gasteiger partial charge in [0.15, 0.2) is 5.82 Å². The van der Waals surface area contributed by atoms with Crippen LogP contribution in [-0.2, 0) is 20.1 Å². The Balaban J connectivity index is 1.56. The fourth-order valence-electron chi connectivity index (χ4n) is 2.74. The van der Waals surface area contributed by atoms with Crippen molar-refractivity contribution in [1.82, 2.24) is 25.0 Å². The zero-order valence-electron chi connectivity index (χ0n) is 15.9. The maximum Gasteiger partial charge on any atom is 0.345 e. The van der Waals surface area contributed by atoms with Gasteiger partial charge in [0.05, 0.1) is 13.7 Å². The van der Waals surface area contributed by atoms with E-state index in [9.17, 15) is 9.59 Å². The van der Waals surface area contributed by atoms with Crippen LogP contribution in [0, 0.1) is 0 Å². The third-order valence-corrected chi connectivity index (χ3v) is 4.29. The van der Waals surface area contributed by atoms with Crippen molar-refractivity contribution < 1.29 is 9.53 Å². The van der Waals surface area contributed by atoms with Crippen LogP contribution in [0.2, 0.25) is 0 Å². The fraction of sp³-hybridized carbons (Fsp3) is 0.250. The van der Waals surface area contributed by atoms with Crippen LogP contribution < -0.4 is 21.1 Å². The highest BCUT2D eigenvalue weighted by atomic mass is 16.5. The standard InChI is InChI=1S/C20H23N5O3/c1-24-18(16-8-10-17(28-2)11-9-16)23-25(20(24)27)13-12-21-19(26)22-14-15-6-4-3-5-7-15/h3-11H,12-14H2,1-2H3,(H2,21,22,26). The van der Waals surface area contributed by atoms with E-state index in [2.05, 4.69) is 15.7 Å². The van der Waals surface area contributed by atoms with E-state index in [-0.39, 0.29) is 18.3 Å². The van der Waals surface area contributed by atoms with Crippen molar-refractivity contribution in [1.29, 1.82) is 0 Å². The van der Waals surface area contributed by atoms with Gasteiger partial charge >= 0.3 is 11.7 Å². The van der Waals surface area contributed by atoms with Crippen LogP contribution in [0.15, 0.2) is 59.4 Å². The predicted molar refractivity (Wildman–Crippen MR) is 106 cm³/mol. The Bertz CT molecular complexity index is 977. The van der Waals surface area contributed by atoms with Crippen LogP contribution in [-0.4, -0.2) is 34.0 Å². The number of nitrogens with one attached hydrogen (secondary N) is 2. The van der Waals surface area contributed by atoms with Gasteiger partial charge in [-0.15, -0.1) is 5.10 Å². The molecule has 1 heterocycles. The summed E-state index contributed by atoms with van der Waals surface area (Å²) < 4.78 is 7.98. The van der Waals surface area contributed by atoms with E-state index in [1.165, 1.54) is 9.25 Å². The van der Waals surface area contributed by atoms with Gasteiger partial charge in [-0.2, -0.15) is 0 Å². The lowest BCUT2D eigenvalue weighted by Gasteiger charge is -2.07. The normalized spacial score (nSPS) is 10.5. The first-order chi connectivity index (χ1) is 13.6. The number of hydrogen-bond acceptors (Lipinski definition) is 4. The molecule has 0 unspecified atom stereocenters. The Kier molecular flexibility index (Phi) is 6.11. The van der Waals surface area contributed by atoms with Crippen LogP contribution in [0.25, 0.3) is 11.4 Å². The molecule has 2 N–H and O–H groups in total. The fourth-order valence-corrected chi connectivity index (χ4v) is 2.74. The maximum atomic E-state index is 12.4. The number of hydrogen-bond donors (Lipinski definition) is 2. The Morgan fingerprint density at radius 3 is 2.46 bits per heavy atom. The zero-order chi connectivity index (χ0) is 19.9. The molecule has 2 amide bonds. The average Bonchev–Trinajstić information content (AvgIpc) is 3.02. The van der Waals surface area contributed by atoms with E-state index in [4.69, 9.17) is 4.74 Å². The molecule has 3 rings (SSSR count). The van der Waals surface area contributed by atoms with Crippen molar-refractivity contribution in [3.8, 4) is 17.1 Å². The molecule has 0 atom stereocenters. The molecule has 0 bridgehead atoms. The SMILES string of the molecule is COc1ccc(-c2nn(CCNC(=O)NCc3ccccc3)c(=O)n2C)cc1. The highest BCUT2D eigenvalue weighted by molar-refractivity contribution is 5.73. The summed E-state index contributed by atoms with van der Waals surface area (Å²) in [6.07, 6.45) is 0. The van der Waals surface area contributed by atoms with Gasteiger partial charge in [0.25, 0.3) is 0 Å². The molecule has 8 heteroatoms. The lowest BCUT2D eigenvalue weighted by Crippen LogP contribution is -2.38. The zero-order valence-corrected chi connectivity index (χ0v) is 15.9. The number of aromatic nitrogens is 3. The summed E-state index contributed by atoms with van der Waals surface area (Å²) in [5.74, 6) is 1.29. The molecule has 0 spiro atoms. The van der Waals surface area contributed by atoms with Crippen LogP contribution >= 0.6 is 0 Å². The molecule has 0 fully saturated rings. The summed E-state index contributed by atoms with van der Waals surface area (Å²) in [4.78, 5) is 24.3. The Morgan fingerprint density at radius 2 is 1.79 bits per heavy atom. The molecule has 3 aromatic rings. The molecule has 0 saturated heterocycles. The second-order valence-electron chi connectivity index (χ2n) is 6.21. The van der Waals surface area contributed by atoms with Gasteiger partial charge in [-0.05, 0) is 29.8 Å². The number of ether oxygens (including phenoxy) is 1. The monoisotopic (exact) mass is 381 g/mol. The quantitative estimate of drug-likeness (QED) is 0.653. The topological polar surface area (TPSA) is 90.2 Å². The van der Waals surface area contributed by atoms with E-state index < -0.39 is 0 Å². The van der Waals surface area contributed by atoms with Crippen LogP contribution in [0.3, 0.4) is 0 Å². The number of methoxy groups -OCH3 is 1. The van der Waals surface area contributed by atoms with Gasteiger partial charge in [-0.1, -0.05) is 30.3 Å². The first-order valence-electron chi connectivity index (χ1n) is 8.92. The Hall–Kier alpha value is -3.55. The minimum absolute atomic E-state index is 0.239. The van der Waals surface area contributed by atoms with Crippen LogP contribution in [0.4, 0.5) is 4.79 Å². The van der Waals surface area contributed by atoms with Gasteiger partial charge in [0.1, 0.15) is 5.75 Å². The molecule has 0 radical (unpaired) electrons. The van der Waals surface area contributed by atoms with Crippen molar-refractivity contribution in [2.45, 2.75) is 13.1 Å². The molecular formula is C20H23N5O3.